The number of ketones is 1. The summed E-state index contributed by atoms with van der Waals surface area (Å²) in [6, 6.07) is 2.69. The number of rotatable bonds is 6. The molecule has 4 aliphatic rings. The van der Waals surface area contributed by atoms with Crippen molar-refractivity contribution in [3.63, 3.8) is 0 Å². The van der Waals surface area contributed by atoms with Gasteiger partial charge in [-0.2, -0.15) is 0 Å². The van der Waals surface area contributed by atoms with Gasteiger partial charge in [-0.25, -0.2) is 4.98 Å². The highest BCUT2D eigenvalue weighted by Gasteiger charge is 2.50. The van der Waals surface area contributed by atoms with E-state index in [1.807, 2.05) is 34.6 Å². The average molecular weight is 914 g/mol. The predicted molar refractivity (Wildman–Crippen MR) is 245 cm³/mol. The van der Waals surface area contributed by atoms with Gasteiger partial charge in [0.25, 0.3) is 11.7 Å². The van der Waals surface area contributed by atoms with Crippen molar-refractivity contribution >= 4 is 51.1 Å². The van der Waals surface area contributed by atoms with Crippen molar-refractivity contribution in [1.82, 2.24) is 9.88 Å². The first-order valence-electron chi connectivity index (χ1n) is 21.8. The number of Topliss-reactive ketones (excluding diaryl/α,β-unsaturated/α-hetero) is 1. The number of ether oxygens (including phenoxy) is 5. The van der Waals surface area contributed by atoms with Gasteiger partial charge in [-0.3, -0.25) is 24.0 Å². The highest BCUT2D eigenvalue weighted by molar-refractivity contribution is 6.22. The smallest absolute Gasteiger partial charge is 0.312 e. The number of anilines is 1. The van der Waals surface area contributed by atoms with Crippen molar-refractivity contribution in [3.05, 3.63) is 69.6 Å². The van der Waals surface area contributed by atoms with Gasteiger partial charge in [0.1, 0.15) is 52.6 Å². The molecule has 1 aliphatic carbocycles. The first-order valence-corrected chi connectivity index (χ1v) is 21.8. The summed E-state index contributed by atoms with van der Waals surface area (Å²) in [4.78, 5) is 73.9. The molecule has 2 aromatic rings. The molecule has 4 bridgehead atoms. The average Bonchev–Trinajstić information content (AvgIpc) is 3.53. The minimum atomic E-state index is -2.07. The first-order chi connectivity index (χ1) is 31.0. The monoisotopic (exact) mass is 913 g/mol. The molecule has 4 N–H and O–H groups in total. The number of amides is 2. The zero-order chi connectivity index (χ0) is 48.7. The SMILES string of the molecule is CO[C@H]1/C=C/O[C@@]2(C)Oc3c(C)c(O)c4c(=O)c(c5oc6cc(OCCN(C)C(C)=O)cc(O)c6nc-5c4c3C2=O)NC(=O)/C(C)=C\C=C\[C@H](C)[C@H](O)[C@@H](C)[C@@H](C)[C@@H](C)[C@H](OC(C)=O)[C@@H]1C. The number of allylic oxidation sites excluding steroid dienone is 2. The number of nitrogens with one attached hydrogen (secondary N) is 1. The van der Waals surface area contributed by atoms with Gasteiger partial charge in [0.15, 0.2) is 11.3 Å². The van der Waals surface area contributed by atoms with Crippen LogP contribution in [0.15, 0.2) is 57.5 Å². The molecule has 9 atom stereocenters. The Bertz CT molecular complexity index is 2700. The molecule has 17 heteroatoms. The van der Waals surface area contributed by atoms with Crippen LogP contribution in [0.4, 0.5) is 5.69 Å². The summed E-state index contributed by atoms with van der Waals surface area (Å²) >= 11 is 0. The summed E-state index contributed by atoms with van der Waals surface area (Å²) < 4.78 is 36.2. The third-order valence-corrected chi connectivity index (χ3v) is 13.2. The van der Waals surface area contributed by atoms with E-state index in [0.29, 0.717) is 0 Å². The molecule has 3 aliphatic heterocycles. The van der Waals surface area contributed by atoms with Gasteiger partial charge in [-0.05, 0) is 37.7 Å². The van der Waals surface area contributed by atoms with E-state index in [2.05, 4.69) is 5.32 Å². The number of methoxy groups -OCH3 is 1. The Morgan fingerprint density at radius 2 is 1.67 bits per heavy atom. The molecular formula is C49H59N3O14. The van der Waals surface area contributed by atoms with Gasteiger partial charge in [-0.15, -0.1) is 0 Å². The molecule has 0 unspecified atom stereocenters. The van der Waals surface area contributed by atoms with Crippen LogP contribution in [-0.2, 0) is 28.6 Å². The summed E-state index contributed by atoms with van der Waals surface area (Å²) in [6.45, 7) is 16.9. The number of aliphatic hydroxyl groups is 1. The van der Waals surface area contributed by atoms with E-state index in [-0.39, 0.29) is 104 Å². The second-order valence-electron chi connectivity index (χ2n) is 17.7. The number of esters is 1. The van der Waals surface area contributed by atoms with Crippen LogP contribution in [-0.4, -0.2) is 100 Å². The zero-order valence-corrected chi connectivity index (χ0v) is 39.3. The molecule has 0 saturated heterocycles. The van der Waals surface area contributed by atoms with E-state index >= 15 is 0 Å². The molecule has 0 spiro atoms. The van der Waals surface area contributed by atoms with Crippen molar-refractivity contribution in [3.8, 4) is 34.5 Å². The summed E-state index contributed by atoms with van der Waals surface area (Å²) in [7, 11) is 3.09. The Balaban J connectivity index is 1.58. The lowest BCUT2D eigenvalue weighted by atomic mass is 9.73. The molecule has 3 heterocycles. The van der Waals surface area contributed by atoms with Crippen LogP contribution in [0.1, 0.15) is 78.2 Å². The molecule has 0 fully saturated rings. The van der Waals surface area contributed by atoms with Crippen LogP contribution in [0.3, 0.4) is 0 Å². The topological polar surface area (TPSA) is 233 Å². The Labute approximate surface area is 382 Å². The first kappa shape index (κ1) is 49.0. The zero-order valence-electron chi connectivity index (χ0n) is 39.3. The number of aliphatic hydroxyl groups excluding tert-OH is 1. The Kier molecular flexibility index (Phi) is 14.2. The number of aromatic nitrogens is 1. The van der Waals surface area contributed by atoms with Crippen molar-refractivity contribution in [2.45, 2.75) is 93.3 Å². The highest BCUT2D eigenvalue weighted by atomic mass is 16.7. The summed E-state index contributed by atoms with van der Waals surface area (Å²) in [5.41, 5.74) is -1.75. The maximum absolute atomic E-state index is 14.8. The Morgan fingerprint density at radius 3 is 2.32 bits per heavy atom. The molecular weight excluding hydrogens is 855 g/mol. The number of likely N-dealkylation sites (N-methyl/N-ethyl adjacent to an activating group) is 1. The lowest BCUT2D eigenvalue weighted by Crippen LogP contribution is -2.43. The highest BCUT2D eigenvalue weighted by Crippen LogP contribution is 2.51. The third kappa shape index (κ3) is 9.18. The van der Waals surface area contributed by atoms with Gasteiger partial charge in [0, 0.05) is 75.4 Å². The van der Waals surface area contributed by atoms with Gasteiger partial charge < -0.3 is 53.6 Å². The van der Waals surface area contributed by atoms with Crippen LogP contribution in [0.5, 0.6) is 23.0 Å². The number of fused-ring (bicyclic) bond motifs is 2. The number of aromatic hydroxyl groups is 2. The molecule has 354 valence electrons. The molecule has 66 heavy (non-hydrogen) atoms. The molecule has 2 amide bonds. The van der Waals surface area contributed by atoms with Gasteiger partial charge in [0.05, 0.1) is 36.0 Å². The van der Waals surface area contributed by atoms with Crippen LogP contribution in [0.2, 0.25) is 0 Å². The molecule has 2 aromatic carbocycles. The summed E-state index contributed by atoms with van der Waals surface area (Å²) in [5, 5.41) is 36.7. The number of carbonyl (C=O) groups excluding carboxylic acids is 4. The fourth-order valence-corrected chi connectivity index (χ4v) is 8.62. The second-order valence-corrected chi connectivity index (χ2v) is 17.7. The third-order valence-electron chi connectivity index (χ3n) is 13.2. The van der Waals surface area contributed by atoms with Crippen molar-refractivity contribution in [1.29, 1.82) is 0 Å². The largest absolute Gasteiger partial charge is 0.507 e. The molecule has 6 rings (SSSR count). The van der Waals surface area contributed by atoms with Gasteiger partial charge in [-0.1, -0.05) is 52.8 Å². The number of hydrogen-bond donors (Lipinski definition) is 4. The van der Waals surface area contributed by atoms with E-state index in [1.54, 1.807) is 25.3 Å². The minimum absolute atomic E-state index is 0.0154. The fraction of sp³-hybridized carbons (Fsp3) is 0.469. The van der Waals surface area contributed by atoms with Gasteiger partial charge in [0.2, 0.25) is 11.3 Å². The van der Waals surface area contributed by atoms with Crippen molar-refractivity contribution in [2.75, 3.05) is 32.6 Å². The maximum atomic E-state index is 14.8. The van der Waals surface area contributed by atoms with E-state index in [0.717, 1.165) is 0 Å². The summed E-state index contributed by atoms with van der Waals surface area (Å²) in [5.74, 6) is -7.10. The number of benzene rings is 3. The van der Waals surface area contributed by atoms with E-state index in [9.17, 15) is 39.3 Å². The Morgan fingerprint density at radius 1 is 0.970 bits per heavy atom. The van der Waals surface area contributed by atoms with Crippen LogP contribution in [0, 0.1) is 36.5 Å². The van der Waals surface area contributed by atoms with Crippen LogP contribution >= 0.6 is 0 Å². The lowest BCUT2D eigenvalue weighted by molar-refractivity contribution is -0.157. The number of carbonyl (C=O) groups is 4. The van der Waals surface area contributed by atoms with Crippen molar-refractivity contribution < 1.29 is 62.6 Å². The number of phenolic OH excluding ortho intramolecular Hbond substituents is 2. The quantitative estimate of drug-likeness (QED) is 0.0886. The Hall–Kier alpha value is -6.46. The predicted octanol–water partition coefficient (Wildman–Crippen LogP) is 6.79. The molecule has 0 saturated carbocycles. The fourth-order valence-electron chi connectivity index (χ4n) is 8.62. The van der Waals surface area contributed by atoms with E-state index in [1.165, 1.54) is 71.1 Å². The molecule has 0 aromatic heterocycles. The molecule has 0 radical (unpaired) electrons. The number of hydrogen-bond acceptors (Lipinski definition) is 15. The minimum Gasteiger partial charge on any atom is -0.507 e. The van der Waals surface area contributed by atoms with E-state index in [4.69, 9.17) is 33.1 Å². The lowest BCUT2D eigenvalue weighted by Gasteiger charge is -2.39. The van der Waals surface area contributed by atoms with Crippen LogP contribution in [0.25, 0.3) is 33.3 Å². The normalized spacial score (nSPS) is 28.0. The number of nitrogens with zero attached hydrogens (tertiary/aromatic N) is 2. The van der Waals surface area contributed by atoms with Gasteiger partial charge >= 0.3 is 11.8 Å². The maximum Gasteiger partial charge on any atom is 0.312 e. The van der Waals surface area contributed by atoms with E-state index < -0.39 is 70.3 Å². The standard InChI is InChI=1S/C49H59N3O14/c1-22-14-13-15-23(2)48(60)51-40-43(58)36-35(39-46(40)65-34-21-31(20-32(55)38(34)50-39)62-19-17-52(11)29(8)53)37-45(28(7)42(36)57)66-49(10,47(37)59)63-18-16-33(61-12)27(6)44(64-30(9)54)26(5)24(3)25(4)41(22)56/h13-16,18,20-22,24-27,33,41,44,55-57H,17,19H2,1-12H3,(H,51,60)/b14-13+,18-16+,23-15-/t22-,24+,25-,26+,27+,33-,41-,44-,49-/m0/s1. The second kappa shape index (κ2) is 19.2. The summed E-state index contributed by atoms with van der Waals surface area (Å²) in [6.07, 6.45) is 5.43. The van der Waals surface area contributed by atoms with Crippen molar-refractivity contribution in [2.24, 2.45) is 29.6 Å². The van der Waals surface area contributed by atoms with Crippen LogP contribution < -0.4 is 20.2 Å². The number of phenols is 2. The molecule has 17 nitrogen and oxygen atoms in total.